The van der Waals surface area contributed by atoms with Crippen LogP contribution < -0.4 is 10.6 Å². The molecule has 1 fully saturated rings. The molecule has 1 aliphatic rings. The smallest absolute Gasteiger partial charge is 0.407 e. The van der Waals surface area contributed by atoms with Crippen molar-refractivity contribution in [3.63, 3.8) is 0 Å². The standard InChI is InChI=1S/C12H24N2O2/c1-12(2,3)14-11(15)16-7-5-4-6-10-8-13-9-10/h10,13H,4-9H2,1-3H3,(H,14,15). The Hall–Kier alpha value is -0.770. The predicted molar refractivity (Wildman–Crippen MR) is 64.4 cm³/mol. The third-order valence-corrected chi connectivity index (χ3v) is 2.58. The second kappa shape index (κ2) is 6.09. The number of hydrogen-bond donors (Lipinski definition) is 2. The summed E-state index contributed by atoms with van der Waals surface area (Å²) in [5, 5.41) is 6.02. The molecule has 4 heteroatoms. The molecular formula is C12H24N2O2. The van der Waals surface area contributed by atoms with Crippen molar-refractivity contribution in [2.45, 2.75) is 45.6 Å². The van der Waals surface area contributed by atoms with Crippen molar-refractivity contribution in [2.24, 2.45) is 5.92 Å². The number of nitrogens with one attached hydrogen (secondary N) is 2. The minimum atomic E-state index is -0.308. The van der Waals surface area contributed by atoms with E-state index in [1.165, 1.54) is 6.42 Å². The summed E-state index contributed by atoms with van der Waals surface area (Å²) in [4.78, 5) is 11.3. The van der Waals surface area contributed by atoms with Gasteiger partial charge in [-0.3, -0.25) is 0 Å². The average Bonchev–Trinajstić information content (AvgIpc) is 2.04. The van der Waals surface area contributed by atoms with Crippen LogP contribution in [0.2, 0.25) is 0 Å². The van der Waals surface area contributed by atoms with Gasteiger partial charge in [0.1, 0.15) is 0 Å². The molecule has 1 amide bonds. The maximum absolute atomic E-state index is 11.3. The number of carbonyl (C=O) groups is 1. The lowest BCUT2D eigenvalue weighted by molar-refractivity contribution is 0.134. The van der Waals surface area contributed by atoms with Crippen molar-refractivity contribution < 1.29 is 9.53 Å². The number of hydrogen-bond acceptors (Lipinski definition) is 3. The van der Waals surface area contributed by atoms with E-state index in [2.05, 4.69) is 10.6 Å². The molecule has 0 bridgehead atoms. The highest BCUT2D eigenvalue weighted by Gasteiger charge is 2.16. The third kappa shape index (κ3) is 5.95. The molecular weight excluding hydrogens is 204 g/mol. The fourth-order valence-electron chi connectivity index (χ4n) is 1.59. The molecule has 94 valence electrons. The molecule has 2 N–H and O–H groups in total. The topological polar surface area (TPSA) is 50.4 Å². The maximum atomic E-state index is 11.3. The van der Waals surface area contributed by atoms with Crippen molar-refractivity contribution in [3.8, 4) is 0 Å². The molecule has 1 heterocycles. The monoisotopic (exact) mass is 228 g/mol. The van der Waals surface area contributed by atoms with Crippen LogP contribution >= 0.6 is 0 Å². The summed E-state index contributed by atoms with van der Waals surface area (Å²) in [6.07, 6.45) is 3.05. The zero-order valence-corrected chi connectivity index (χ0v) is 10.6. The maximum Gasteiger partial charge on any atom is 0.407 e. The van der Waals surface area contributed by atoms with Gasteiger partial charge in [-0.2, -0.15) is 0 Å². The van der Waals surface area contributed by atoms with Gasteiger partial charge in [-0.05, 0) is 59.0 Å². The van der Waals surface area contributed by atoms with Gasteiger partial charge in [0.05, 0.1) is 6.61 Å². The minimum Gasteiger partial charge on any atom is -0.450 e. The number of rotatable bonds is 5. The van der Waals surface area contributed by atoms with E-state index in [1.807, 2.05) is 20.8 Å². The van der Waals surface area contributed by atoms with E-state index in [1.54, 1.807) is 0 Å². The van der Waals surface area contributed by atoms with Gasteiger partial charge in [0.15, 0.2) is 0 Å². The normalized spacial score (nSPS) is 16.7. The number of amides is 1. The van der Waals surface area contributed by atoms with Gasteiger partial charge >= 0.3 is 6.09 Å². The van der Waals surface area contributed by atoms with Gasteiger partial charge in [0, 0.05) is 5.54 Å². The lowest BCUT2D eigenvalue weighted by Gasteiger charge is -2.26. The Morgan fingerprint density at radius 2 is 2.06 bits per heavy atom. The molecule has 0 aliphatic carbocycles. The van der Waals surface area contributed by atoms with E-state index >= 15 is 0 Å². The zero-order chi connectivity index (χ0) is 12.0. The summed E-state index contributed by atoms with van der Waals surface area (Å²) in [5.41, 5.74) is -0.214. The Kier molecular flexibility index (Phi) is 5.06. The van der Waals surface area contributed by atoms with Crippen LogP contribution in [0.25, 0.3) is 0 Å². The molecule has 0 atom stereocenters. The average molecular weight is 228 g/mol. The molecule has 0 aromatic heterocycles. The molecule has 0 unspecified atom stereocenters. The third-order valence-electron chi connectivity index (χ3n) is 2.58. The van der Waals surface area contributed by atoms with Crippen molar-refractivity contribution in [3.05, 3.63) is 0 Å². The molecule has 0 radical (unpaired) electrons. The Morgan fingerprint density at radius 1 is 1.38 bits per heavy atom. The van der Waals surface area contributed by atoms with Gasteiger partial charge in [-0.1, -0.05) is 0 Å². The number of alkyl carbamates (subject to hydrolysis) is 1. The van der Waals surface area contributed by atoms with Crippen LogP contribution in [-0.4, -0.2) is 31.3 Å². The van der Waals surface area contributed by atoms with Crippen LogP contribution in [0.3, 0.4) is 0 Å². The number of carbonyl (C=O) groups excluding carboxylic acids is 1. The first-order valence-electron chi connectivity index (χ1n) is 6.13. The molecule has 1 aliphatic heterocycles. The van der Waals surface area contributed by atoms with E-state index in [9.17, 15) is 4.79 Å². The quantitative estimate of drug-likeness (QED) is 0.707. The first-order valence-corrected chi connectivity index (χ1v) is 6.13. The van der Waals surface area contributed by atoms with Crippen LogP contribution in [0.5, 0.6) is 0 Å². The van der Waals surface area contributed by atoms with Crippen LogP contribution in [0.15, 0.2) is 0 Å². The second-order valence-electron chi connectivity index (χ2n) is 5.53. The van der Waals surface area contributed by atoms with Gasteiger partial charge < -0.3 is 15.4 Å². The Morgan fingerprint density at radius 3 is 2.56 bits per heavy atom. The second-order valence-corrected chi connectivity index (χ2v) is 5.53. The Bertz CT molecular complexity index is 220. The lowest BCUT2D eigenvalue weighted by Crippen LogP contribution is -2.42. The van der Waals surface area contributed by atoms with Gasteiger partial charge in [0.2, 0.25) is 0 Å². The fraction of sp³-hybridized carbons (Fsp3) is 0.917. The highest BCUT2D eigenvalue weighted by atomic mass is 16.5. The van der Waals surface area contributed by atoms with Crippen LogP contribution in [0.4, 0.5) is 4.79 Å². The highest BCUT2D eigenvalue weighted by Crippen LogP contribution is 2.12. The van der Waals surface area contributed by atoms with Crippen LogP contribution in [0, 0.1) is 5.92 Å². The largest absolute Gasteiger partial charge is 0.450 e. The lowest BCUT2D eigenvalue weighted by atomic mass is 9.97. The van der Waals surface area contributed by atoms with Crippen LogP contribution in [0.1, 0.15) is 40.0 Å². The molecule has 1 rings (SSSR count). The summed E-state index contributed by atoms with van der Waals surface area (Å²) in [5.74, 6) is 0.850. The van der Waals surface area contributed by atoms with Crippen molar-refractivity contribution >= 4 is 6.09 Å². The van der Waals surface area contributed by atoms with Crippen LogP contribution in [-0.2, 0) is 4.74 Å². The van der Waals surface area contributed by atoms with E-state index < -0.39 is 0 Å². The van der Waals surface area contributed by atoms with E-state index in [4.69, 9.17) is 4.74 Å². The SMILES string of the molecule is CC(C)(C)NC(=O)OCCCCC1CNC1. The van der Waals surface area contributed by atoms with Crippen molar-refractivity contribution in [1.82, 2.24) is 10.6 Å². The number of unbranched alkanes of at least 4 members (excludes halogenated alkanes) is 1. The summed E-state index contributed by atoms with van der Waals surface area (Å²) in [7, 11) is 0. The summed E-state index contributed by atoms with van der Waals surface area (Å²) < 4.78 is 5.09. The molecule has 4 nitrogen and oxygen atoms in total. The van der Waals surface area contributed by atoms with E-state index in [0.29, 0.717) is 6.61 Å². The van der Waals surface area contributed by atoms with Gasteiger partial charge in [0.25, 0.3) is 0 Å². The summed E-state index contributed by atoms with van der Waals surface area (Å²) in [6, 6.07) is 0. The van der Waals surface area contributed by atoms with Crippen molar-refractivity contribution in [2.75, 3.05) is 19.7 Å². The Labute approximate surface area is 98.1 Å². The molecule has 1 saturated heterocycles. The summed E-state index contributed by atoms with van der Waals surface area (Å²) >= 11 is 0. The van der Waals surface area contributed by atoms with E-state index in [-0.39, 0.29) is 11.6 Å². The highest BCUT2D eigenvalue weighted by molar-refractivity contribution is 5.67. The predicted octanol–water partition coefficient (Wildman–Crippen LogP) is 1.90. The molecule has 0 aromatic rings. The van der Waals surface area contributed by atoms with E-state index in [0.717, 1.165) is 31.8 Å². The molecule has 16 heavy (non-hydrogen) atoms. The number of ether oxygens (including phenoxy) is 1. The fourth-order valence-corrected chi connectivity index (χ4v) is 1.59. The molecule has 0 spiro atoms. The first kappa shape index (κ1) is 13.3. The Balaban J connectivity index is 1.91. The summed E-state index contributed by atoms with van der Waals surface area (Å²) in [6.45, 7) is 8.67. The zero-order valence-electron chi connectivity index (χ0n) is 10.6. The minimum absolute atomic E-state index is 0.214. The molecule has 0 aromatic carbocycles. The van der Waals surface area contributed by atoms with Crippen molar-refractivity contribution in [1.29, 1.82) is 0 Å². The van der Waals surface area contributed by atoms with Gasteiger partial charge in [-0.25, -0.2) is 4.79 Å². The molecule has 0 saturated carbocycles. The van der Waals surface area contributed by atoms with Gasteiger partial charge in [-0.15, -0.1) is 0 Å². The first-order chi connectivity index (χ1) is 7.47.